The largest absolute Gasteiger partial charge is 0.486 e. The Labute approximate surface area is 159 Å². The van der Waals surface area contributed by atoms with E-state index in [0.29, 0.717) is 30.4 Å². The van der Waals surface area contributed by atoms with Crippen molar-refractivity contribution in [2.45, 2.75) is 26.2 Å². The number of ether oxygens (including phenoxy) is 2. The van der Waals surface area contributed by atoms with Gasteiger partial charge in [-0.3, -0.25) is 4.79 Å². The third-order valence-electron chi connectivity index (χ3n) is 4.25. The second kappa shape index (κ2) is 7.55. The second-order valence-electron chi connectivity index (χ2n) is 7.35. The highest BCUT2D eigenvalue weighted by molar-refractivity contribution is 6.09. The summed E-state index contributed by atoms with van der Waals surface area (Å²) < 4.78 is 11.0. The zero-order valence-electron chi connectivity index (χ0n) is 15.7. The maximum Gasteiger partial charge on any atom is 0.266 e. The van der Waals surface area contributed by atoms with Gasteiger partial charge in [-0.15, -0.1) is 0 Å². The Kier molecular flexibility index (Phi) is 5.18. The Bertz CT molecular complexity index is 916. The van der Waals surface area contributed by atoms with Gasteiger partial charge in [0, 0.05) is 11.8 Å². The van der Waals surface area contributed by atoms with Gasteiger partial charge in [-0.05, 0) is 34.8 Å². The first-order valence-electron chi connectivity index (χ1n) is 8.80. The standard InChI is InChI=1S/C22H22N2O3/c1-22(2,3)17-6-4-15(5-7-17)12-16(14-23)21(25)24-18-8-9-19-20(13-18)27-11-10-26-19/h4-9,12-13H,10-11H2,1-3H3,(H,24,25)/b16-12+. The molecule has 2 aromatic rings. The molecule has 2 aromatic carbocycles. The number of nitrogens with one attached hydrogen (secondary N) is 1. The molecule has 0 unspecified atom stereocenters. The fourth-order valence-electron chi connectivity index (χ4n) is 2.71. The smallest absolute Gasteiger partial charge is 0.266 e. The van der Waals surface area contributed by atoms with Gasteiger partial charge in [-0.1, -0.05) is 45.0 Å². The average molecular weight is 362 g/mol. The molecule has 1 amide bonds. The molecule has 0 bridgehead atoms. The van der Waals surface area contributed by atoms with Crippen LogP contribution in [0.3, 0.4) is 0 Å². The molecule has 5 nitrogen and oxygen atoms in total. The fourth-order valence-corrected chi connectivity index (χ4v) is 2.71. The van der Waals surface area contributed by atoms with Gasteiger partial charge >= 0.3 is 0 Å². The number of anilines is 1. The first-order valence-corrected chi connectivity index (χ1v) is 8.80. The Morgan fingerprint density at radius 3 is 2.37 bits per heavy atom. The number of carbonyl (C=O) groups is 1. The molecule has 0 fully saturated rings. The summed E-state index contributed by atoms with van der Waals surface area (Å²) in [7, 11) is 0. The van der Waals surface area contributed by atoms with E-state index in [1.54, 1.807) is 24.3 Å². The lowest BCUT2D eigenvalue weighted by atomic mass is 9.86. The molecule has 0 atom stereocenters. The topological polar surface area (TPSA) is 71.4 Å². The third-order valence-corrected chi connectivity index (χ3v) is 4.25. The third kappa shape index (κ3) is 4.48. The van der Waals surface area contributed by atoms with Crippen molar-refractivity contribution >= 4 is 17.7 Å². The van der Waals surface area contributed by atoms with Crippen LogP contribution in [0.4, 0.5) is 5.69 Å². The SMILES string of the molecule is CC(C)(C)c1ccc(/C=C(\C#N)C(=O)Nc2ccc3c(c2)OCCO3)cc1. The summed E-state index contributed by atoms with van der Waals surface area (Å²) in [6.07, 6.45) is 1.58. The Morgan fingerprint density at radius 1 is 1.07 bits per heavy atom. The maximum absolute atomic E-state index is 12.5. The summed E-state index contributed by atoms with van der Waals surface area (Å²) in [4.78, 5) is 12.5. The number of rotatable bonds is 3. The lowest BCUT2D eigenvalue weighted by Crippen LogP contribution is -2.17. The molecule has 5 heteroatoms. The van der Waals surface area contributed by atoms with Crippen LogP contribution in [0.1, 0.15) is 31.9 Å². The average Bonchev–Trinajstić information content (AvgIpc) is 2.65. The summed E-state index contributed by atoms with van der Waals surface area (Å²) in [5.41, 5.74) is 2.63. The number of hydrogen-bond acceptors (Lipinski definition) is 4. The molecule has 0 saturated carbocycles. The molecule has 1 N–H and O–H groups in total. The summed E-state index contributed by atoms with van der Waals surface area (Å²) in [6, 6.07) is 15.0. The molecule has 1 aliphatic heterocycles. The molecule has 138 valence electrons. The lowest BCUT2D eigenvalue weighted by Gasteiger charge is -2.19. The molecule has 1 heterocycles. The van der Waals surface area contributed by atoms with Crippen LogP contribution in [0.5, 0.6) is 11.5 Å². The van der Waals surface area contributed by atoms with Gasteiger partial charge in [0.1, 0.15) is 24.9 Å². The van der Waals surface area contributed by atoms with Gasteiger partial charge in [0.2, 0.25) is 0 Å². The van der Waals surface area contributed by atoms with Crippen molar-refractivity contribution < 1.29 is 14.3 Å². The highest BCUT2D eigenvalue weighted by atomic mass is 16.6. The van der Waals surface area contributed by atoms with Crippen molar-refractivity contribution in [2.75, 3.05) is 18.5 Å². The fraction of sp³-hybridized carbons (Fsp3) is 0.273. The number of carbonyl (C=O) groups excluding carboxylic acids is 1. The number of nitriles is 1. The van der Waals surface area contributed by atoms with Crippen LogP contribution in [0.2, 0.25) is 0 Å². The van der Waals surface area contributed by atoms with E-state index in [9.17, 15) is 10.1 Å². The van der Waals surface area contributed by atoms with E-state index in [1.165, 1.54) is 5.56 Å². The Hall–Kier alpha value is -3.26. The molecule has 0 saturated heterocycles. The Balaban J connectivity index is 1.76. The zero-order valence-corrected chi connectivity index (χ0v) is 15.7. The van der Waals surface area contributed by atoms with Gasteiger partial charge in [0.05, 0.1) is 0 Å². The highest BCUT2D eigenvalue weighted by Crippen LogP contribution is 2.32. The second-order valence-corrected chi connectivity index (χ2v) is 7.35. The molecule has 0 radical (unpaired) electrons. The molecule has 27 heavy (non-hydrogen) atoms. The number of nitrogens with zero attached hydrogens (tertiary/aromatic N) is 1. The van der Waals surface area contributed by atoms with Crippen molar-refractivity contribution in [3.63, 3.8) is 0 Å². The van der Waals surface area contributed by atoms with Gasteiger partial charge in [-0.25, -0.2) is 0 Å². The van der Waals surface area contributed by atoms with E-state index >= 15 is 0 Å². The number of fused-ring (bicyclic) bond motifs is 1. The minimum absolute atomic E-state index is 0.0356. The molecular weight excluding hydrogens is 340 g/mol. The molecule has 0 aliphatic carbocycles. The predicted octanol–water partition coefficient (Wildman–Crippen LogP) is 4.30. The summed E-state index contributed by atoms with van der Waals surface area (Å²) >= 11 is 0. The maximum atomic E-state index is 12.5. The lowest BCUT2D eigenvalue weighted by molar-refractivity contribution is -0.112. The number of hydrogen-bond donors (Lipinski definition) is 1. The van der Waals surface area contributed by atoms with Crippen molar-refractivity contribution in [3.8, 4) is 17.6 Å². The quantitative estimate of drug-likeness (QED) is 0.653. The van der Waals surface area contributed by atoms with Gasteiger partial charge in [0.25, 0.3) is 5.91 Å². The van der Waals surface area contributed by atoms with Gasteiger partial charge < -0.3 is 14.8 Å². The van der Waals surface area contributed by atoms with Crippen LogP contribution in [-0.2, 0) is 10.2 Å². The van der Waals surface area contributed by atoms with E-state index in [1.807, 2.05) is 30.3 Å². The van der Waals surface area contributed by atoms with Gasteiger partial charge in [-0.2, -0.15) is 5.26 Å². The molecular formula is C22H22N2O3. The van der Waals surface area contributed by atoms with Crippen molar-refractivity contribution in [1.29, 1.82) is 5.26 Å². The van der Waals surface area contributed by atoms with Crippen LogP contribution < -0.4 is 14.8 Å². The molecule has 0 spiro atoms. The van der Waals surface area contributed by atoms with E-state index < -0.39 is 5.91 Å². The van der Waals surface area contributed by atoms with Crippen molar-refractivity contribution in [1.82, 2.24) is 0 Å². The van der Waals surface area contributed by atoms with Crippen molar-refractivity contribution in [3.05, 3.63) is 59.2 Å². The van der Waals surface area contributed by atoms with Crippen LogP contribution in [0, 0.1) is 11.3 Å². The monoisotopic (exact) mass is 362 g/mol. The van der Waals surface area contributed by atoms with Gasteiger partial charge in [0.15, 0.2) is 11.5 Å². The van der Waals surface area contributed by atoms with E-state index in [0.717, 1.165) is 5.56 Å². The van der Waals surface area contributed by atoms with Crippen molar-refractivity contribution in [2.24, 2.45) is 0 Å². The number of benzene rings is 2. The minimum atomic E-state index is -0.464. The van der Waals surface area contributed by atoms with Crippen LogP contribution >= 0.6 is 0 Å². The first kappa shape index (κ1) is 18.5. The van der Waals surface area contributed by atoms with Crippen LogP contribution in [0.25, 0.3) is 6.08 Å². The first-order chi connectivity index (χ1) is 12.9. The van der Waals surface area contributed by atoms with Crippen LogP contribution in [0.15, 0.2) is 48.0 Å². The normalized spacial score (nSPS) is 13.6. The van der Waals surface area contributed by atoms with E-state index in [-0.39, 0.29) is 11.0 Å². The Morgan fingerprint density at radius 2 is 1.74 bits per heavy atom. The molecule has 3 rings (SSSR count). The summed E-state index contributed by atoms with van der Waals surface area (Å²) in [5, 5.41) is 12.1. The highest BCUT2D eigenvalue weighted by Gasteiger charge is 2.15. The summed E-state index contributed by atoms with van der Waals surface area (Å²) in [5.74, 6) is 0.766. The molecule has 0 aromatic heterocycles. The van der Waals surface area contributed by atoms with Crippen LogP contribution in [-0.4, -0.2) is 19.1 Å². The van der Waals surface area contributed by atoms with E-state index in [4.69, 9.17) is 9.47 Å². The summed E-state index contributed by atoms with van der Waals surface area (Å²) in [6.45, 7) is 7.39. The minimum Gasteiger partial charge on any atom is -0.486 e. The number of amides is 1. The predicted molar refractivity (Wildman–Crippen MR) is 105 cm³/mol. The van der Waals surface area contributed by atoms with E-state index in [2.05, 4.69) is 26.1 Å². The zero-order chi connectivity index (χ0) is 19.4. The molecule has 1 aliphatic rings.